The maximum atomic E-state index is 12.5. The molecule has 0 spiro atoms. The molecule has 3 aromatic rings. The standard InChI is InChI=1S/C19H19N3O2S/c1-13-8-4-5-9-14(13)18-20-21-19(22(18)2)25-12-16(23)15-10-6-7-11-17(15)24-3/h4-11H,12H2,1-3H3. The number of ketones is 1. The highest BCUT2D eigenvalue weighted by atomic mass is 32.2. The second-order valence-corrected chi connectivity index (χ2v) is 6.53. The fourth-order valence-electron chi connectivity index (χ4n) is 2.58. The highest BCUT2D eigenvalue weighted by Crippen LogP contribution is 2.26. The summed E-state index contributed by atoms with van der Waals surface area (Å²) < 4.78 is 7.17. The lowest BCUT2D eigenvalue weighted by molar-refractivity contribution is 0.101. The molecule has 0 N–H and O–H groups in total. The van der Waals surface area contributed by atoms with Crippen molar-refractivity contribution in [2.75, 3.05) is 12.9 Å². The van der Waals surface area contributed by atoms with Crippen LogP contribution < -0.4 is 4.74 Å². The van der Waals surface area contributed by atoms with E-state index in [1.54, 1.807) is 19.2 Å². The van der Waals surface area contributed by atoms with E-state index in [-0.39, 0.29) is 11.5 Å². The molecule has 6 heteroatoms. The van der Waals surface area contributed by atoms with Crippen molar-refractivity contribution in [2.24, 2.45) is 7.05 Å². The number of hydrogen-bond acceptors (Lipinski definition) is 5. The maximum absolute atomic E-state index is 12.5. The minimum atomic E-state index is 0.00268. The van der Waals surface area contributed by atoms with Gasteiger partial charge in [-0.3, -0.25) is 4.79 Å². The van der Waals surface area contributed by atoms with E-state index in [4.69, 9.17) is 4.74 Å². The molecule has 3 rings (SSSR count). The second kappa shape index (κ2) is 7.53. The topological polar surface area (TPSA) is 57.0 Å². The van der Waals surface area contributed by atoms with Crippen LogP contribution in [0.25, 0.3) is 11.4 Å². The minimum absolute atomic E-state index is 0.00268. The fraction of sp³-hybridized carbons (Fsp3) is 0.211. The van der Waals surface area contributed by atoms with Crippen molar-refractivity contribution < 1.29 is 9.53 Å². The summed E-state index contributed by atoms with van der Waals surface area (Å²) in [5.41, 5.74) is 2.76. The van der Waals surface area contributed by atoms with E-state index >= 15 is 0 Å². The molecule has 0 radical (unpaired) electrons. The number of Topliss-reactive ketones (excluding diaryl/α,β-unsaturated/α-hetero) is 1. The van der Waals surface area contributed by atoms with Gasteiger partial charge in [-0.15, -0.1) is 10.2 Å². The first-order valence-electron chi connectivity index (χ1n) is 7.86. The molecule has 0 bridgehead atoms. The Bertz CT molecular complexity index is 905. The molecule has 0 unspecified atom stereocenters. The monoisotopic (exact) mass is 353 g/mol. The number of thioether (sulfide) groups is 1. The molecule has 0 atom stereocenters. The van der Waals surface area contributed by atoms with Crippen molar-refractivity contribution in [3.63, 3.8) is 0 Å². The van der Waals surface area contributed by atoms with Crippen LogP contribution in [-0.4, -0.2) is 33.4 Å². The Morgan fingerprint density at radius 3 is 2.60 bits per heavy atom. The Balaban J connectivity index is 1.77. The van der Waals surface area contributed by atoms with Crippen LogP contribution in [0.5, 0.6) is 5.75 Å². The van der Waals surface area contributed by atoms with Gasteiger partial charge < -0.3 is 9.30 Å². The van der Waals surface area contributed by atoms with Crippen molar-refractivity contribution >= 4 is 17.5 Å². The summed E-state index contributed by atoms with van der Waals surface area (Å²) in [4.78, 5) is 12.5. The third-order valence-corrected chi connectivity index (χ3v) is 4.98. The molecule has 0 aliphatic heterocycles. The summed E-state index contributed by atoms with van der Waals surface area (Å²) in [5.74, 6) is 1.67. The molecule has 0 aliphatic rings. The van der Waals surface area contributed by atoms with E-state index in [1.807, 2.05) is 54.9 Å². The van der Waals surface area contributed by atoms with Gasteiger partial charge in [0.2, 0.25) is 0 Å². The Hall–Kier alpha value is -2.60. The number of benzene rings is 2. The van der Waals surface area contributed by atoms with Gasteiger partial charge in [-0.1, -0.05) is 48.2 Å². The molecular weight excluding hydrogens is 334 g/mol. The highest BCUT2D eigenvalue weighted by Gasteiger charge is 2.16. The van der Waals surface area contributed by atoms with Crippen molar-refractivity contribution in [3.05, 3.63) is 59.7 Å². The molecule has 0 saturated carbocycles. The Morgan fingerprint density at radius 1 is 1.12 bits per heavy atom. The summed E-state index contributed by atoms with van der Waals surface area (Å²) in [6.45, 7) is 2.04. The molecule has 0 aliphatic carbocycles. The first kappa shape index (κ1) is 17.2. The lowest BCUT2D eigenvalue weighted by Gasteiger charge is -2.08. The number of aromatic nitrogens is 3. The van der Waals surface area contributed by atoms with Gasteiger partial charge >= 0.3 is 0 Å². The van der Waals surface area contributed by atoms with Gasteiger partial charge in [0.05, 0.1) is 18.4 Å². The average Bonchev–Trinajstić information content (AvgIpc) is 3.00. The number of para-hydroxylation sites is 1. The van der Waals surface area contributed by atoms with Crippen LogP contribution in [0.4, 0.5) is 0 Å². The summed E-state index contributed by atoms with van der Waals surface area (Å²) in [6, 6.07) is 15.3. The van der Waals surface area contributed by atoms with Gasteiger partial charge in [-0.2, -0.15) is 0 Å². The lowest BCUT2D eigenvalue weighted by atomic mass is 10.1. The number of hydrogen-bond donors (Lipinski definition) is 0. The van der Waals surface area contributed by atoms with E-state index < -0.39 is 0 Å². The largest absolute Gasteiger partial charge is 0.496 e. The Labute approximate surface area is 151 Å². The molecule has 128 valence electrons. The van der Waals surface area contributed by atoms with Gasteiger partial charge in [-0.05, 0) is 24.6 Å². The molecule has 5 nitrogen and oxygen atoms in total. The number of nitrogens with zero attached hydrogens (tertiary/aromatic N) is 3. The smallest absolute Gasteiger partial charge is 0.191 e. The zero-order valence-electron chi connectivity index (χ0n) is 14.4. The number of carbonyl (C=O) groups excluding carboxylic acids is 1. The number of carbonyl (C=O) groups is 1. The molecule has 0 fully saturated rings. The Kier molecular flexibility index (Phi) is 5.19. The van der Waals surface area contributed by atoms with Crippen LogP contribution >= 0.6 is 11.8 Å². The fourth-order valence-corrected chi connectivity index (χ4v) is 3.38. The van der Waals surface area contributed by atoms with Gasteiger partial charge in [0.1, 0.15) is 5.75 Å². The van der Waals surface area contributed by atoms with Gasteiger partial charge in [0.25, 0.3) is 0 Å². The number of aryl methyl sites for hydroxylation is 1. The highest BCUT2D eigenvalue weighted by molar-refractivity contribution is 7.99. The average molecular weight is 353 g/mol. The van der Waals surface area contributed by atoms with E-state index in [9.17, 15) is 4.79 Å². The van der Waals surface area contributed by atoms with Crippen molar-refractivity contribution in [1.29, 1.82) is 0 Å². The molecule has 1 aromatic heterocycles. The predicted molar refractivity (Wildman–Crippen MR) is 99.2 cm³/mol. The Morgan fingerprint density at radius 2 is 1.84 bits per heavy atom. The van der Waals surface area contributed by atoms with Crippen LogP contribution in [0, 0.1) is 6.92 Å². The first-order chi connectivity index (χ1) is 12.1. The minimum Gasteiger partial charge on any atom is -0.496 e. The molecule has 25 heavy (non-hydrogen) atoms. The third-order valence-electron chi connectivity index (χ3n) is 3.96. The summed E-state index contributed by atoms with van der Waals surface area (Å²) in [6.07, 6.45) is 0. The van der Waals surface area contributed by atoms with Crippen LogP contribution in [0.2, 0.25) is 0 Å². The molecule has 2 aromatic carbocycles. The van der Waals surface area contributed by atoms with Gasteiger partial charge in [-0.25, -0.2) is 0 Å². The quantitative estimate of drug-likeness (QED) is 0.499. The molecule has 1 heterocycles. The SMILES string of the molecule is COc1ccccc1C(=O)CSc1nnc(-c2ccccc2C)n1C. The summed E-state index contributed by atoms with van der Waals surface area (Å²) in [5, 5.41) is 9.23. The maximum Gasteiger partial charge on any atom is 0.191 e. The number of rotatable bonds is 6. The third kappa shape index (κ3) is 3.58. The van der Waals surface area contributed by atoms with Crippen molar-refractivity contribution in [3.8, 4) is 17.1 Å². The van der Waals surface area contributed by atoms with E-state index in [0.717, 1.165) is 17.0 Å². The zero-order chi connectivity index (χ0) is 17.8. The zero-order valence-corrected chi connectivity index (χ0v) is 15.2. The van der Waals surface area contributed by atoms with Crippen LogP contribution in [-0.2, 0) is 7.05 Å². The van der Waals surface area contributed by atoms with Crippen LogP contribution in [0.1, 0.15) is 15.9 Å². The van der Waals surface area contributed by atoms with E-state index in [0.29, 0.717) is 16.5 Å². The van der Waals surface area contributed by atoms with E-state index in [2.05, 4.69) is 10.2 Å². The van der Waals surface area contributed by atoms with Gasteiger partial charge in [0.15, 0.2) is 16.8 Å². The van der Waals surface area contributed by atoms with Gasteiger partial charge in [0, 0.05) is 12.6 Å². The summed E-state index contributed by atoms with van der Waals surface area (Å²) in [7, 11) is 3.48. The summed E-state index contributed by atoms with van der Waals surface area (Å²) >= 11 is 1.37. The molecular formula is C19H19N3O2S. The lowest BCUT2D eigenvalue weighted by Crippen LogP contribution is -2.06. The second-order valence-electron chi connectivity index (χ2n) is 5.59. The first-order valence-corrected chi connectivity index (χ1v) is 8.84. The van der Waals surface area contributed by atoms with Crippen LogP contribution in [0.3, 0.4) is 0 Å². The van der Waals surface area contributed by atoms with Crippen molar-refractivity contribution in [1.82, 2.24) is 14.8 Å². The molecule has 0 saturated heterocycles. The number of ether oxygens (including phenoxy) is 1. The van der Waals surface area contributed by atoms with Crippen molar-refractivity contribution in [2.45, 2.75) is 12.1 Å². The normalized spacial score (nSPS) is 10.7. The predicted octanol–water partition coefficient (Wildman–Crippen LogP) is 3.77. The molecule has 0 amide bonds. The van der Waals surface area contributed by atoms with Crippen LogP contribution in [0.15, 0.2) is 53.7 Å². The number of methoxy groups -OCH3 is 1. The van der Waals surface area contributed by atoms with E-state index in [1.165, 1.54) is 11.8 Å².